The van der Waals surface area contributed by atoms with Crippen molar-refractivity contribution in [1.82, 2.24) is 9.38 Å². The quantitative estimate of drug-likeness (QED) is 0.566. The Hall–Kier alpha value is -0.630. The molecular formula is C11H10BrIN2O2. The second-order valence-electron chi connectivity index (χ2n) is 3.47. The van der Waals surface area contributed by atoms with Crippen molar-refractivity contribution in [3.05, 3.63) is 31.7 Å². The molecule has 2 aromatic heterocycles. The van der Waals surface area contributed by atoms with Gasteiger partial charge in [-0.15, -0.1) is 0 Å². The third-order valence-corrected chi connectivity index (χ3v) is 3.46. The van der Waals surface area contributed by atoms with Gasteiger partial charge in [-0.2, -0.15) is 0 Å². The lowest BCUT2D eigenvalue weighted by molar-refractivity contribution is 0.0517. The highest BCUT2D eigenvalue weighted by Gasteiger charge is 2.19. The van der Waals surface area contributed by atoms with Gasteiger partial charge in [0, 0.05) is 9.77 Å². The van der Waals surface area contributed by atoms with Gasteiger partial charge in [-0.1, -0.05) is 0 Å². The molecule has 0 atom stereocenters. The molecule has 0 aromatic carbocycles. The number of carbonyl (C=O) groups excluding carboxylic acids is 1. The number of hydrogen-bond donors (Lipinski definition) is 0. The Morgan fingerprint density at radius 1 is 1.65 bits per heavy atom. The monoisotopic (exact) mass is 408 g/mol. The minimum Gasteiger partial charge on any atom is -0.461 e. The summed E-state index contributed by atoms with van der Waals surface area (Å²) < 4.78 is 8.68. The van der Waals surface area contributed by atoms with Crippen molar-refractivity contribution in [2.45, 2.75) is 13.8 Å². The number of nitrogens with zero attached hydrogens (tertiary/aromatic N) is 2. The summed E-state index contributed by atoms with van der Waals surface area (Å²) in [5, 5.41) is 0. The fourth-order valence-corrected chi connectivity index (χ4v) is 3.18. The fraction of sp³-hybridized carbons (Fsp3) is 0.273. The first-order valence-corrected chi connectivity index (χ1v) is 6.92. The van der Waals surface area contributed by atoms with E-state index in [-0.39, 0.29) is 5.97 Å². The van der Waals surface area contributed by atoms with Crippen LogP contribution in [0.2, 0.25) is 0 Å². The maximum Gasteiger partial charge on any atom is 0.357 e. The van der Waals surface area contributed by atoms with E-state index in [0.717, 1.165) is 13.7 Å². The lowest BCUT2D eigenvalue weighted by atomic mass is 10.3. The highest BCUT2D eigenvalue weighted by molar-refractivity contribution is 14.1. The van der Waals surface area contributed by atoms with Crippen LogP contribution in [0.1, 0.15) is 23.1 Å². The van der Waals surface area contributed by atoms with Crippen LogP contribution in [-0.2, 0) is 4.74 Å². The van der Waals surface area contributed by atoms with Gasteiger partial charge in [0.05, 0.1) is 16.8 Å². The molecular weight excluding hydrogens is 399 g/mol. The van der Waals surface area contributed by atoms with Crippen LogP contribution < -0.4 is 0 Å². The number of imidazole rings is 1. The van der Waals surface area contributed by atoms with Crippen molar-refractivity contribution in [2.24, 2.45) is 0 Å². The maximum atomic E-state index is 11.9. The zero-order valence-electron chi connectivity index (χ0n) is 9.33. The number of carbonyl (C=O) groups is 1. The second kappa shape index (κ2) is 4.93. The van der Waals surface area contributed by atoms with Gasteiger partial charge < -0.3 is 4.74 Å². The highest BCUT2D eigenvalue weighted by Crippen LogP contribution is 2.23. The van der Waals surface area contributed by atoms with Crippen molar-refractivity contribution in [3.8, 4) is 0 Å². The summed E-state index contributed by atoms with van der Waals surface area (Å²) in [5.41, 5.74) is 1.89. The van der Waals surface area contributed by atoms with Gasteiger partial charge in [0.1, 0.15) is 0 Å². The Bertz CT molecular complexity index is 595. The van der Waals surface area contributed by atoms with E-state index in [0.29, 0.717) is 18.0 Å². The third-order valence-electron chi connectivity index (χ3n) is 2.28. The van der Waals surface area contributed by atoms with Gasteiger partial charge in [0.15, 0.2) is 11.3 Å². The zero-order valence-corrected chi connectivity index (χ0v) is 13.1. The largest absolute Gasteiger partial charge is 0.461 e. The molecule has 0 saturated heterocycles. The molecule has 2 aromatic rings. The summed E-state index contributed by atoms with van der Waals surface area (Å²) in [6.45, 7) is 3.95. The first-order chi connectivity index (χ1) is 8.04. The fourth-order valence-electron chi connectivity index (χ4n) is 1.63. The minimum absolute atomic E-state index is 0.341. The molecule has 4 nitrogen and oxygen atoms in total. The number of esters is 1. The average Bonchev–Trinajstić information content (AvgIpc) is 2.55. The lowest BCUT2D eigenvalue weighted by Gasteiger charge is -2.04. The average molecular weight is 409 g/mol. The molecule has 0 fully saturated rings. The van der Waals surface area contributed by atoms with E-state index >= 15 is 0 Å². The Morgan fingerprint density at radius 3 is 3.00 bits per heavy atom. The molecule has 0 aliphatic heterocycles. The molecule has 0 aliphatic carbocycles. The van der Waals surface area contributed by atoms with Crippen LogP contribution in [0.25, 0.3) is 5.65 Å². The minimum atomic E-state index is -0.341. The van der Waals surface area contributed by atoms with Crippen LogP contribution in [0.5, 0.6) is 0 Å². The van der Waals surface area contributed by atoms with Crippen LogP contribution in [0.15, 0.2) is 16.7 Å². The summed E-state index contributed by atoms with van der Waals surface area (Å²) in [6.07, 6.45) is 1.87. The lowest BCUT2D eigenvalue weighted by Crippen LogP contribution is -2.09. The van der Waals surface area contributed by atoms with Crippen LogP contribution in [0, 0.1) is 10.5 Å². The predicted octanol–water partition coefficient (Wildman–Crippen LogP) is 3.19. The van der Waals surface area contributed by atoms with Gasteiger partial charge in [0.25, 0.3) is 0 Å². The standard InChI is InChI=1S/C11H10BrIN2O2/c1-3-17-11(16)9-6(2)14-10-8(12)4-7(13)5-15(9)10/h4-5H,3H2,1-2H3. The van der Waals surface area contributed by atoms with Crippen LogP contribution in [0.4, 0.5) is 0 Å². The Kier molecular flexibility index (Phi) is 3.72. The number of aromatic nitrogens is 2. The second-order valence-corrected chi connectivity index (χ2v) is 5.57. The summed E-state index contributed by atoms with van der Waals surface area (Å²) in [7, 11) is 0. The Balaban J connectivity index is 2.70. The van der Waals surface area contributed by atoms with Crippen molar-refractivity contribution in [3.63, 3.8) is 0 Å². The molecule has 0 bridgehead atoms. The molecule has 0 amide bonds. The molecule has 0 radical (unpaired) electrons. The van der Waals surface area contributed by atoms with E-state index in [9.17, 15) is 4.79 Å². The van der Waals surface area contributed by atoms with Gasteiger partial charge in [-0.05, 0) is 58.4 Å². The van der Waals surface area contributed by atoms with Gasteiger partial charge in [0.2, 0.25) is 0 Å². The van der Waals surface area contributed by atoms with E-state index in [1.54, 1.807) is 18.2 Å². The highest BCUT2D eigenvalue weighted by atomic mass is 127. The SMILES string of the molecule is CCOC(=O)c1c(C)nc2c(Br)cc(I)cn12. The molecule has 0 unspecified atom stereocenters. The van der Waals surface area contributed by atoms with E-state index in [1.807, 2.05) is 12.3 Å². The Morgan fingerprint density at radius 2 is 2.35 bits per heavy atom. The summed E-state index contributed by atoms with van der Waals surface area (Å²) in [6, 6.07) is 1.96. The van der Waals surface area contributed by atoms with E-state index < -0.39 is 0 Å². The predicted molar refractivity (Wildman–Crippen MR) is 76.3 cm³/mol. The normalized spacial score (nSPS) is 10.8. The van der Waals surface area contributed by atoms with E-state index in [1.165, 1.54) is 0 Å². The van der Waals surface area contributed by atoms with E-state index in [2.05, 4.69) is 43.5 Å². The molecule has 90 valence electrons. The van der Waals surface area contributed by atoms with Crippen LogP contribution >= 0.6 is 38.5 Å². The molecule has 0 spiro atoms. The molecule has 2 heterocycles. The number of rotatable bonds is 2. The molecule has 6 heteroatoms. The smallest absolute Gasteiger partial charge is 0.357 e. The van der Waals surface area contributed by atoms with Crippen molar-refractivity contribution >= 4 is 50.1 Å². The zero-order chi connectivity index (χ0) is 12.6. The third kappa shape index (κ3) is 2.33. The van der Waals surface area contributed by atoms with Gasteiger partial charge in [-0.25, -0.2) is 9.78 Å². The molecule has 0 saturated carbocycles. The van der Waals surface area contributed by atoms with Crippen molar-refractivity contribution in [1.29, 1.82) is 0 Å². The van der Waals surface area contributed by atoms with Gasteiger partial charge in [-0.3, -0.25) is 4.40 Å². The maximum absolute atomic E-state index is 11.9. The van der Waals surface area contributed by atoms with Crippen LogP contribution in [-0.4, -0.2) is 22.0 Å². The summed E-state index contributed by atoms with van der Waals surface area (Å²) in [4.78, 5) is 16.2. The first kappa shape index (κ1) is 12.8. The number of aryl methyl sites for hydroxylation is 1. The summed E-state index contributed by atoms with van der Waals surface area (Å²) in [5.74, 6) is -0.341. The van der Waals surface area contributed by atoms with E-state index in [4.69, 9.17) is 4.74 Å². The molecule has 0 aliphatic rings. The Labute approximate surface area is 121 Å². The molecule has 2 rings (SSSR count). The number of ether oxygens (including phenoxy) is 1. The summed E-state index contributed by atoms with van der Waals surface area (Å²) >= 11 is 5.64. The molecule has 17 heavy (non-hydrogen) atoms. The van der Waals surface area contributed by atoms with Crippen molar-refractivity contribution in [2.75, 3.05) is 6.61 Å². The van der Waals surface area contributed by atoms with Gasteiger partial charge >= 0.3 is 5.97 Å². The first-order valence-electron chi connectivity index (χ1n) is 5.05. The number of hydrogen-bond acceptors (Lipinski definition) is 3. The van der Waals surface area contributed by atoms with Crippen LogP contribution in [0.3, 0.4) is 0 Å². The topological polar surface area (TPSA) is 43.6 Å². The number of fused-ring (bicyclic) bond motifs is 1. The molecule has 0 N–H and O–H groups in total. The number of halogens is 2. The number of pyridine rings is 1. The van der Waals surface area contributed by atoms with Crippen molar-refractivity contribution < 1.29 is 9.53 Å².